The van der Waals surface area contributed by atoms with Crippen LogP contribution in [0.3, 0.4) is 0 Å². The van der Waals surface area contributed by atoms with Crippen LogP contribution in [0.1, 0.15) is 51.9 Å². The lowest BCUT2D eigenvalue weighted by molar-refractivity contribution is -0.135. The van der Waals surface area contributed by atoms with Crippen LogP contribution in [0.25, 0.3) is 0 Å². The fourth-order valence-corrected chi connectivity index (χ4v) is 2.85. The van der Waals surface area contributed by atoms with Crippen LogP contribution < -0.4 is 5.73 Å². The molecule has 1 aliphatic heterocycles. The molecule has 0 saturated carbocycles. The summed E-state index contributed by atoms with van der Waals surface area (Å²) < 4.78 is 10.8. The Morgan fingerprint density at radius 1 is 1.27 bits per heavy atom. The molecule has 2 rings (SSSR count). The molecule has 0 radical (unpaired) electrons. The van der Waals surface area contributed by atoms with E-state index in [9.17, 15) is 4.79 Å². The van der Waals surface area contributed by atoms with Gasteiger partial charge in [0.1, 0.15) is 6.10 Å². The summed E-state index contributed by atoms with van der Waals surface area (Å²) >= 11 is 0. The van der Waals surface area contributed by atoms with E-state index in [2.05, 4.69) is 22.0 Å². The second-order valence-electron chi connectivity index (χ2n) is 6.66. The smallest absolute Gasteiger partial charge is 0.240 e. The lowest BCUT2D eigenvalue weighted by Crippen LogP contribution is -2.54. The molecule has 1 fully saturated rings. The van der Waals surface area contributed by atoms with Gasteiger partial charge in [-0.1, -0.05) is 25.4 Å². The zero-order valence-corrected chi connectivity index (χ0v) is 17.0. The summed E-state index contributed by atoms with van der Waals surface area (Å²) in [6.45, 7) is 12.0. The van der Waals surface area contributed by atoms with Crippen LogP contribution in [-0.2, 0) is 16.1 Å². The lowest BCUT2D eigenvalue weighted by atomic mass is 9.98. The van der Waals surface area contributed by atoms with Gasteiger partial charge in [-0.25, -0.2) is 0 Å². The highest BCUT2D eigenvalue weighted by Crippen LogP contribution is 2.15. The lowest BCUT2D eigenvalue weighted by Gasteiger charge is -2.36. The summed E-state index contributed by atoms with van der Waals surface area (Å²) in [5, 5.41) is 3.98. The van der Waals surface area contributed by atoms with Crippen molar-refractivity contribution in [3.63, 3.8) is 0 Å². The van der Waals surface area contributed by atoms with Crippen molar-refractivity contribution in [2.45, 2.75) is 52.8 Å². The number of aromatic nitrogens is 2. The Kier molecular flexibility index (Phi) is 9.49. The van der Waals surface area contributed by atoms with Crippen molar-refractivity contribution >= 4 is 18.3 Å². The molecule has 1 amide bonds. The third-order valence-corrected chi connectivity index (χ3v) is 4.85. The van der Waals surface area contributed by atoms with Gasteiger partial charge in [0.25, 0.3) is 0 Å². The first kappa shape index (κ1) is 22.8. The van der Waals surface area contributed by atoms with E-state index in [1.54, 1.807) is 0 Å². The number of nitrogens with two attached hydrogens (primary N) is 1. The van der Waals surface area contributed by atoms with Crippen molar-refractivity contribution in [1.29, 1.82) is 0 Å². The van der Waals surface area contributed by atoms with E-state index in [0.29, 0.717) is 38.0 Å². The average Bonchev–Trinajstić information content (AvgIpc) is 3.09. The van der Waals surface area contributed by atoms with Crippen LogP contribution in [-0.4, -0.2) is 64.7 Å². The van der Waals surface area contributed by atoms with E-state index in [1.807, 2.05) is 25.7 Å². The normalized spacial score (nSPS) is 18.9. The van der Waals surface area contributed by atoms with Crippen molar-refractivity contribution in [2.75, 3.05) is 32.8 Å². The van der Waals surface area contributed by atoms with Crippen LogP contribution in [0, 0.1) is 5.92 Å². The van der Waals surface area contributed by atoms with Gasteiger partial charge < -0.3 is 19.9 Å². The topological polar surface area (TPSA) is 97.7 Å². The highest BCUT2D eigenvalue weighted by molar-refractivity contribution is 5.85. The predicted octanol–water partition coefficient (Wildman–Crippen LogP) is 1.61. The summed E-state index contributed by atoms with van der Waals surface area (Å²) in [4.78, 5) is 20.9. The second-order valence-corrected chi connectivity index (χ2v) is 6.66. The number of ether oxygens (including phenoxy) is 1. The molecule has 0 bridgehead atoms. The molecule has 26 heavy (non-hydrogen) atoms. The largest absolute Gasteiger partial charge is 0.371 e. The maximum absolute atomic E-state index is 12.4. The minimum atomic E-state index is -0.407. The molecule has 9 heteroatoms. The van der Waals surface area contributed by atoms with Crippen LogP contribution in [0.15, 0.2) is 4.52 Å². The zero-order chi connectivity index (χ0) is 18.4. The Hall–Kier alpha value is -1.22. The van der Waals surface area contributed by atoms with Crippen LogP contribution in [0.4, 0.5) is 0 Å². The Morgan fingerprint density at radius 2 is 1.92 bits per heavy atom. The molecule has 1 aromatic heterocycles. The van der Waals surface area contributed by atoms with Crippen molar-refractivity contribution in [2.24, 2.45) is 11.7 Å². The fraction of sp³-hybridized carbons (Fsp3) is 0.824. The highest BCUT2D eigenvalue weighted by atomic mass is 35.5. The molecule has 0 spiro atoms. The van der Waals surface area contributed by atoms with Gasteiger partial charge in [0.05, 0.1) is 12.6 Å². The average molecular weight is 390 g/mol. The van der Waals surface area contributed by atoms with Gasteiger partial charge in [-0.15, -0.1) is 12.4 Å². The summed E-state index contributed by atoms with van der Waals surface area (Å²) in [6, 6.07) is -0.407. The van der Waals surface area contributed by atoms with Crippen molar-refractivity contribution in [3.8, 4) is 0 Å². The van der Waals surface area contributed by atoms with Gasteiger partial charge in [-0.3, -0.25) is 9.69 Å². The first-order valence-corrected chi connectivity index (χ1v) is 9.17. The number of carbonyl (C=O) groups is 1. The molecule has 8 nitrogen and oxygen atoms in total. The molecular formula is C17H32ClN5O3. The first-order chi connectivity index (χ1) is 12.0. The van der Waals surface area contributed by atoms with Crippen LogP contribution in [0.5, 0.6) is 0 Å². The number of hydrogen-bond donors (Lipinski definition) is 1. The monoisotopic (exact) mass is 389 g/mol. The van der Waals surface area contributed by atoms with Gasteiger partial charge in [0, 0.05) is 32.8 Å². The van der Waals surface area contributed by atoms with Crippen molar-refractivity contribution in [3.05, 3.63) is 11.7 Å². The molecule has 2 N–H and O–H groups in total. The van der Waals surface area contributed by atoms with Gasteiger partial charge in [-0.2, -0.15) is 4.98 Å². The van der Waals surface area contributed by atoms with E-state index in [4.69, 9.17) is 15.0 Å². The van der Waals surface area contributed by atoms with E-state index < -0.39 is 6.04 Å². The summed E-state index contributed by atoms with van der Waals surface area (Å²) in [6.07, 6.45) is 0.742. The van der Waals surface area contributed by atoms with Gasteiger partial charge in [-0.05, 0) is 19.8 Å². The number of carbonyl (C=O) groups excluding carboxylic acids is 1. The Balaban J connectivity index is 0.00000338. The molecule has 3 atom stereocenters. The van der Waals surface area contributed by atoms with Gasteiger partial charge in [0.2, 0.25) is 11.8 Å². The van der Waals surface area contributed by atoms with Gasteiger partial charge in [0.15, 0.2) is 5.82 Å². The third kappa shape index (κ3) is 5.90. The fourth-order valence-electron chi connectivity index (χ4n) is 2.85. The number of rotatable bonds is 8. The Bertz CT molecular complexity index is 548. The molecule has 0 aliphatic carbocycles. The van der Waals surface area contributed by atoms with E-state index >= 15 is 0 Å². The minimum absolute atomic E-state index is 0. The van der Waals surface area contributed by atoms with E-state index in [-0.39, 0.29) is 30.3 Å². The molecule has 3 unspecified atom stereocenters. The summed E-state index contributed by atoms with van der Waals surface area (Å²) in [7, 11) is 0. The Labute approximate surface area is 161 Å². The quantitative estimate of drug-likeness (QED) is 0.721. The zero-order valence-electron chi connectivity index (χ0n) is 16.2. The predicted molar refractivity (Wildman–Crippen MR) is 101 cm³/mol. The molecule has 150 valence electrons. The van der Waals surface area contributed by atoms with E-state index in [1.165, 1.54) is 0 Å². The maximum Gasteiger partial charge on any atom is 0.240 e. The molecule has 1 saturated heterocycles. The summed E-state index contributed by atoms with van der Waals surface area (Å²) in [5.74, 6) is 1.41. The summed E-state index contributed by atoms with van der Waals surface area (Å²) in [5.41, 5.74) is 6.07. The maximum atomic E-state index is 12.4. The molecule has 0 aromatic carbocycles. The van der Waals surface area contributed by atoms with Gasteiger partial charge >= 0.3 is 0 Å². The highest BCUT2D eigenvalue weighted by Gasteiger charge is 2.28. The molecule has 2 heterocycles. The minimum Gasteiger partial charge on any atom is -0.371 e. The number of piperazine rings is 1. The van der Waals surface area contributed by atoms with Crippen molar-refractivity contribution in [1.82, 2.24) is 19.9 Å². The number of amides is 1. The SMILES string of the molecule is CCOC(C)c1noc(CN2CCN(C(=O)C(N)C(C)CC)CC2)n1.Cl. The van der Waals surface area contributed by atoms with E-state index in [0.717, 1.165) is 19.5 Å². The standard InChI is InChI=1S/C17H31N5O3.ClH/c1-5-12(3)15(18)17(23)22-9-7-21(8-10-22)11-14-19-16(20-25-14)13(4)24-6-2;/h12-13,15H,5-11,18H2,1-4H3;1H. The number of hydrogen-bond acceptors (Lipinski definition) is 7. The molecule has 1 aliphatic rings. The first-order valence-electron chi connectivity index (χ1n) is 9.17. The number of halogens is 1. The second kappa shape index (κ2) is 10.8. The molecular weight excluding hydrogens is 358 g/mol. The number of nitrogens with zero attached hydrogens (tertiary/aromatic N) is 4. The molecule has 1 aromatic rings. The van der Waals surface area contributed by atoms with Crippen molar-refractivity contribution < 1.29 is 14.1 Å². The Morgan fingerprint density at radius 3 is 2.50 bits per heavy atom. The van der Waals surface area contributed by atoms with Crippen LogP contribution >= 0.6 is 12.4 Å². The van der Waals surface area contributed by atoms with Crippen LogP contribution in [0.2, 0.25) is 0 Å². The third-order valence-electron chi connectivity index (χ3n) is 4.85.